The third-order valence-corrected chi connectivity index (χ3v) is 5.92. The molecule has 2 aliphatic heterocycles. The number of benzene rings is 2. The van der Waals surface area contributed by atoms with E-state index in [9.17, 15) is 5.11 Å². The van der Waals surface area contributed by atoms with E-state index in [4.69, 9.17) is 18.9 Å². The Hall–Kier alpha value is -1.74. The van der Waals surface area contributed by atoms with Crippen molar-refractivity contribution in [2.75, 3.05) is 59.3 Å². The van der Waals surface area contributed by atoms with E-state index in [-0.39, 0.29) is 24.8 Å². The Morgan fingerprint density at radius 3 is 2.29 bits per heavy atom. The third-order valence-electron chi connectivity index (χ3n) is 5.92. The Kier molecular flexibility index (Phi) is 12.2. The number of β-amino-alcohol motifs (C(OH)–C–C–N with tert-alkyl or cyclic N) is 1. The quantitative estimate of drug-likeness (QED) is 0.461. The van der Waals surface area contributed by atoms with Gasteiger partial charge in [-0.15, -0.1) is 24.8 Å². The second kappa shape index (κ2) is 14.6. The molecule has 1 fully saturated rings. The minimum Gasteiger partial charge on any atom is -0.491 e. The van der Waals surface area contributed by atoms with E-state index in [1.54, 1.807) is 0 Å². The SMILES string of the molecule is CCc1ccc(OCCOCC(O)CN2CCN(Cc3ccc4c(c3)OCO4)CC2)cc1.Cl.Cl. The largest absolute Gasteiger partial charge is 0.491 e. The van der Waals surface area contributed by atoms with Gasteiger partial charge in [-0.2, -0.15) is 0 Å². The minimum absolute atomic E-state index is 0. The average Bonchev–Trinajstić information content (AvgIpc) is 3.28. The topological polar surface area (TPSA) is 63.6 Å². The van der Waals surface area contributed by atoms with Gasteiger partial charge in [-0.1, -0.05) is 25.1 Å². The molecule has 1 N–H and O–H groups in total. The highest BCUT2D eigenvalue weighted by atomic mass is 35.5. The van der Waals surface area contributed by atoms with Gasteiger partial charge >= 0.3 is 0 Å². The molecule has 0 spiro atoms. The molecule has 2 heterocycles. The summed E-state index contributed by atoms with van der Waals surface area (Å²) in [5.41, 5.74) is 2.53. The van der Waals surface area contributed by atoms with Crippen LogP contribution in [0.3, 0.4) is 0 Å². The van der Waals surface area contributed by atoms with Crippen molar-refractivity contribution in [1.82, 2.24) is 9.80 Å². The summed E-state index contributed by atoms with van der Waals surface area (Å²) in [6.45, 7) is 9.10. The van der Waals surface area contributed by atoms with Gasteiger partial charge in [-0.05, 0) is 41.8 Å². The van der Waals surface area contributed by atoms with Crippen molar-refractivity contribution in [2.45, 2.75) is 26.0 Å². The van der Waals surface area contributed by atoms with Gasteiger partial charge in [-0.25, -0.2) is 0 Å². The molecule has 2 aromatic rings. The molecule has 1 unspecified atom stereocenters. The predicted octanol–water partition coefficient (Wildman–Crippen LogP) is 3.40. The zero-order chi connectivity index (χ0) is 22.2. The monoisotopic (exact) mass is 514 g/mol. The fraction of sp³-hybridized carbons (Fsp3) is 0.520. The molecular formula is C25H36Cl2N2O5. The van der Waals surface area contributed by atoms with Crippen molar-refractivity contribution < 1.29 is 24.1 Å². The summed E-state index contributed by atoms with van der Waals surface area (Å²) >= 11 is 0. The van der Waals surface area contributed by atoms with E-state index >= 15 is 0 Å². The lowest BCUT2D eigenvalue weighted by Gasteiger charge is -2.35. The number of fused-ring (bicyclic) bond motifs is 1. The summed E-state index contributed by atoms with van der Waals surface area (Å²) in [6, 6.07) is 14.3. The number of hydrogen-bond acceptors (Lipinski definition) is 7. The van der Waals surface area contributed by atoms with Gasteiger partial charge in [0, 0.05) is 39.3 Å². The van der Waals surface area contributed by atoms with Crippen LogP contribution in [0.1, 0.15) is 18.1 Å². The average molecular weight is 515 g/mol. The normalized spacial score (nSPS) is 16.4. The molecule has 0 aromatic heterocycles. The predicted molar refractivity (Wildman–Crippen MR) is 137 cm³/mol. The van der Waals surface area contributed by atoms with E-state index < -0.39 is 6.10 Å². The summed E-state index contributed by atoms with van der Waals surface area (Å²) < 4.78 is 22.1. The van der Waals surface area contributed by atoms with E-state index in [1.807, 2.05) is 18.2 Å². The van der Waals surface area contributed by atoms with Gasteiger partial charge in [0.05, 0.1) is 19.3 Å². The van der Waals surface area contributed by atoms with Crippen molar-refractivity contribution in [1.29, 1.82) is 0 Å². The lowest BCUT2D eigenvalue weighted by Crippen LogP contribution is -2.48. The molecule has 7 nitrogen and oxygen atoms in total. The number of nitrogens with zero attached hydrogens (tertiary/aromatic N) is 2. The van der Waals surface area contributed by atoms with Gasteiger partial charge in [0.1, 0.15) is 12.4 Å². The summed E-state index contributed by atoms with van der Waals surface area (Å²) in [4.78, 5) is 4.73. The smallest absolute Gasteiger partial charge is 0.231 e. The maximum absolute atomic E-state index is 10.3. The molecule has 0 aliphatic carbocycles. The molecule has 1 atom stereocenters. The van der Waals surface area contributed by atoms with Crippen molar-refractivity contribution in [3.05, 3.63) is 53.6 Å². The molecule has 0 bridgehead atoms. The summed E-state index contributed by atoms with van der Waals surface area (Å²) in [6.07, 6.45) is 0.537. The Morgan fingerprint density at radius 2 is 1.56 bits per heavy atom. The van der Waals surface area contributed by atoms with Crippen LogP contribution in [0.25, 0.3) is 0 Å². The molecule has 1 saturated heterocycles. The standard InChI is InChI=1S/C25H34N2O5.2ClH/c1-2-20-3-6-23(7-4-20)30-14-13-29-18-22(28)17-27-11-9-26(10-12-27)16-21-5-8-24-25(15-21)32-19-31-24;;/h3-8,15,22,28H,2,9-14,16-19H2,1H3;2*1H. The molecular weight excluding hydrogens is 479 g/mol. The van der Waals surface area contributed by atoms with E-state index in [1.165, 1.54) is 11.1 Å². The van der Waals surface area contributed by atoms with Crippen molar-refractivity contribution in [2.24, 2.45) is 0 Å². The first-order valence-electron chi connectivity index (χ1n) is 11.5. The summed E-state index contributed by atoms with van der Waals surface area (Å²) in [7, 11) is 0. The highest BCUT2D eigenvalue weighted by Gasteiger charge is 2.20. The van der Waals surface area contributed by atoms with Gasteiger partial charge in [0.15, 0.2) is 11.5 Å². The summed E-state index contributed by atoms with van der Waals surface area (Å²) in [5, 5.41) is 10.3. The number of aryl methyl sites for hydroxylation is 1. The van der Waals surface area contributed by atoms with Crippen LogP contribution >= 0.6 is 24.8 Å². The Morgan fingerprint density at radius 1 is 0.882 bits per heavy atom. The van der Waals surface area contributed by atoms with E-state index in [0.717, 1.165) is 56.4 Å². The van der Waals surface area contributed by atoms with Crippen LogP contribution in [0.5, 0.6) is 17.2 Å². The lowest BCUT2D eigenvalue weighted by atomic mass is 10.1. The maximum atomic E-state index is 10.3. The van der Waals surface area contributed by atoms with Crippen LogP contribution in [0, 0.1) is 0 Å². The molecule has 0 amide bonds. The van der Waals surface area contributed by atoms with Gasteiger partial charge in [-0.3, -0.25) is 9.80 Å². The zero-order valence-electron chi connectivity index (χ0n) is 19.7. The number of ether oxygens (including phenoxy) is 4. The number of aliphatic hydroxyl groups is 1. The number of piperazine rings is 1. The Balaban J connectivity index is 0.00000204. The molecule has 0 saturated carbocycles. The first kappa shape index (κ1) is 28.5. The molecule has 4 rings (SSSR count). The van der Waals surface area contributed by atoms with E-state index in [0.29, 0.717) is 33.2 Å². The highest BCUT2D eigenvalue weighted by molar-refractivity contribution is 5.85. The van der Waals surface area contributed by atoms with Gasteiger partial charge < -0.3 is 24.1 Å². The number of hydrogen-bond donors (Lipinski definition) is 1. The Labute approximate surface area is 214 Å². The molecule has 9 heteroatoms. The fourth-order valence-corrected chi connectivity index (χ4v) is 4.04. The van der Waals surface area contributed by atoms with Crippen LogP contribution in [-0.2, 0) is 17.7 Å². The highest BCUT2D eigenvalue weighted by Crippen LogP contribution is 2.32. The van der Waals surface area contributed by atoms with Crippen LogP contribution in [-0.4, -0.2) is 80.3 Å². The van der Waals surface area contributed by atoms with Crippen LogP contribution in [0.4, 0.5) is 0 Å². The first-order chi connectivity index (χ1) is 15.7. The molecule has 190 valence electrons. The van der Waals surface area contributed by atoms with Crippen molar-refractivity contribution >= 4 is 24.8 Å². The molecule has 34 heavy (non-hydrogen) atoms. The maximum Gasteiger partial charge on any atom is 0.231 e. The van der Waals surface area contributed by atoms with Crippen LogP contribution in [0.15, 0.2) is 42.5 Å². The van der Waals surface area contributed by atoms with E-state index in [2.05, 4.69) is 41.0 Å². The summed E-state index contributed by atoms with van der Waals surface area (Å²) in [5.74, 6) is 2.51. The molecule has 2 aliphatic rings. The second-order valence-corrected chi connectivity index (χ2v) is 8.34. The van der Waals surface area contributed by atoms with Gasteiger partial charge in [0.2, 0.25) is 6.79 Å². The number of rotatable bonds is 11. The van der Waals surface area contributed by atoms with Crippen LogP contribution < -0.4 is 14.2 Å². The zero-order valence-corrected chi connectivity index (χ0v) is 21.3. The second-order valence-electron chi connectivity index (χ2n) is 8.34. The number of aliphatic hydroxyl groups excluding tert-OH is 1. The molecule has 2 aromatic carbocycles. The van der Waals surface area contributed by atoms with Crippen molar-refractivity contribution in [3.63, 3.8) is 0 Å². The Bertz CT molecular complexity index is 848. The van der Waals surface area contributed by atoms with Crippen molar-refractivity contribution in [3.8, 4) is 17.2 Å². The third kappa shape index (κ3) is 8.48. The van der Waals surface area contributed by atoms with Gasteiger partial charge in [0.25, 0.3) is 0 Å². The van der Waals surface area contributed by atoms with Crippen LogP contribution in [0.2, 0.25) is 0 Å². The molecule has 0 radical (unpaired) electrons. The lowest BCUT2D eigenvalue weighted by molar-refractivity contribution is -0.000439. The number of halogens is 2. The minimum atomic E-state index is -0.487. The fourth-order valence-electron chi connectivity index (χ4n) is 4.04. The first-order valence-corrected chi connectivity index (χ1v) is 11.5.